The van der Waals surface area contributed by atoms with E-state index in [4.69, 9.17) is 14.2 Å². The first-order valence-corrected chi connectivity index (χ1v) is 36.9. The third kappa shape index (κ3) is 10.9. The van der Waals surface area contributed by atoms with Crippen molar-refractivity contribution >= 4 is 32.3 Å². The van der Waals surface area contributed by atoms with Gasteiger partial charge in [0.05, 0.1) is 16.2 Å². The second-order valence-corrected chi connectivity index (χ2v) is 28.3. The molecule has 3 nitrogen and oxygen atoms in total. The van der Waals surface area contributed by atoms with E-state index in [1.54, 1.807) is 0 Å². The van der Waals surface area contributed by atoms with Gasteiger partial charge in [0.15, 0.2) is 0 Å². The first-order valence-electron chi connectivity index (χ1n) is 36.9. The van der Waals surface area contributed by atoms with Crippen molar-refractivity contribution in [1.29, 1.82) is 0 Å². The minimum absolute atomic E-state index is 0.191. The number of rotatable bonds is 15. The van der Waals surface area contributed by atoms with E-state index in [1.165, 1.54) is 117 Å². The Labute approximate surface area is 621 Å². The Kier molecular flexibility index (Phi) is 16.9. The average Bonchev–Trinajstić information content (AvgIpc) is 0.717. The Hall–Kier alpha value is -12.8. The highest BCUT2D eigenvalue weighted by Crippen LogP contribution is 2.56. The summed E-state index contributed by atoms with van der Waals surface area (Å²) in [6.07, 6.45) is 2.56. The molecule has 0 radical (unpaired) electrons. The van der Waals surface area contributed by atoms with E-state index in [2.05, 4.69) is 363 Å². The van der Waals surface area contributed by atoms with Crippen LogP contribution in [0.1, 0.15) is 144 Å². The molecule has 15 aromatic carbocycles. The molecular formula is C103H76O3. The molecule has 0 heterocycles. The fourth-order valence-corrected chi connectivity index (χ4v) is 18.2. The van der Waals surface area contributed by atoms with Gasteiger partial charge in [0, 0.05) is 5.92 Å². The van der Waals surface area contributed by atoms with Gasteiger partial charge < -0.3 is 14.2 Å². The van der Waals surface area contributed by atoms with E-state index in [1.807, 2.05) is 20.8 Å². The maximum Gasteiger partial charge on any atom is 0.149 e. The summed E-state index contributed by atoms with van der Waals surface area (Å²) in [4.78, 5) is 0. The Morgan fingerprint density at radius 2 is 0.462 bits per heavy atom. The maximum absolute atomic E-state index is 6.11. The van der Waals surface area contributed by atoms with Crippen molar-refractivity contribution in [3.63, 3.8) is 0 Å². The predicted octanol–water partition coefficient (Wildman–Crippen LogP) is 22.4. The highest BCUT2D eigenvalue weighted by Gasteiger charge is 2.47. The van der Waals surface area contributed by atoms with Crippen LogP contribution in [0.25, 0.3) is 32.3 Å². The summed E-state index contributed by atoms with van der Waals surface area (Å²) in [7, 11) is 0. The predicted molar refractivity (Wildman–Crippen MR) is 433 cm³/mol. The highest BCUT2D eigenvalue weighted by molar-refractivity contribution is 5.89. The Balaban J connectivity index is 0.829. The molecule has 15 aromatic rings. The summed E-state index contributed by atoms with van der Waals surface area (Å²) in [5.41, 5.74) is 24.6. The van der Waals surface area contributed by atoms with Gasteiger partial charge in [0.25, 0.3) is 0 Å². The molecule has 0 atom stereocenters. The monoisotopic (exact) mass is 1360 g/mol. The van der Waals surface area contributed by atoms with Gasteiger partial charge in [-0.15, -0.1) is 17.8 Å². The zero-order chi connectivity index (χ0) is 71.2. The van der Waals surface area contributed by atoms with Crippen molar-refractivity contribution in [3.05, 3.63) is 444 Å². The van der Waals surface area contributed by atoms with E-state index in [0.717, 1.165) is 68.8 Å². The van der Waals surface area contributed by atoms with Crippen LogP contribution in [-0.2, 0) is 35.5 Å². The van der Waals surface area contributed by atoms with Gasteiger partial charge in [-0.25, -0.2) is 0 Å². The second kappa shape index (κ2) is 27.4. The van der Waals surface area contributed by atoms with E-state index < -0.39 is 16.2 Å². The first kappa shape index (κ1) is 65.2. The van der Waals surface area contributed by atoms with Crippen molar-refractivity contribution < 1.29 is 14.2 Å². The molecule has 0 fully saturated rings. The minimum atomic E-state index is -0.657. The molecule has 3 aliphatic rings. The third-order valence-corrected chi connectivity index (χ3v) is 22.9. The molecule has 0 aromatic heterocycles. The molecule has 18 rings (SSSR count). The molecule has 106 heavy (non-hydrogen) atoms. The molecule has 0 unspecified atom stereocenters. The van der Waals surface area contributed by atoms with Crippen molar-refractivity contribution in [3.8, 4) is 52.8 Å². The Morgan fingerprint density at radius 1 is 0.245 bits per heavy atom. The topological polar surface area (TPSA) is 27.7 Å². The van der Waals surface area contributed by atoms with Crippen molar-refractivity contribution in [1.82, 2.24) is 0 Å². The van der Waals surface area contributed by atoms with Crippen LogP contribution in [0.2, 0.25) is 0 Å². The smallest absolute Gasteiger partial charge is 0.149 e. The molecule has 0 bridgehead atoms. The number of ether oxygens (including phenoxy) is 3. The number of hydrogen-bond acceptors (Lipinski definition) is 3. The standard InChI is InChI=1S/C103H76O3/c1-4-7-58-104-91-55-43-73-64-88(52-40-76(73)67-91)101(94-28-16-10-22-79(94)61-80-23-11-17-29-95(80)101)85-46-34-70(35-47-85)100(71-36-48-86(49-37-71)102(96-30-18-12-24-81(96)62-82-25-13-19-31-97(82)102)89-53-41-77-68-92(105-59-8-5-2)56-44-74(77)65-89)72-38-50-87(51-39-72)103(98-32-20-14-26-83(98)63-84-27-15-21-33-99(84)103)90-54-42-78-69-93(106-60-9-6-3)57-45-75(78)66-90/h10-57,64-69,100H,58-63H2,1-3H3. The van der Waals surface area contributed by atoms with Gasteiger partial charge in [0.2, 0.25) is 0 Å². The number of fused-ring (bicyclic) bond motifs is 9. The minimum Gasteiger partial charge on any atom is -0.481 e. The molecule has 0 N–H and O–H groups in total. The van der Waals surface area contributed by atoms with Gasteiger partial charge in [-0.05, 0) is 244 Å². The molecule has 3 heteroatoms. The van der Waals surface area contributed by atoms with Crippen LogP contribution < -0.4 is 14.2 Å². The van der Waals surface area contributed by atoms with Gasteiger partial charge in [0.1, 0.15) is 37.1 Å². The summed E-state index contributed by atoms with van der Waals surface area (Å²) in [6.45, 7) is 6.58. The quantitative estimate of drug-likeness (QED) is 0.0756. The van der Waals surface area contributed by atoms with E-state index >= 15 is 0 Å². The largest absolute Gasteiger partial charge is 0.481 e. The van der Waals surface area contributed by atoms with Gasteiger partial charge in [-0.3, -0.25) is 0 Å². The number of benzene rings is 15. The van der Waals surface area contributed by atoms with Crippen LogP contribution in [0.4, 0.5) is 0 Å². The fourth-order valence-electron chi connectivity index (χ4n) is 18.2. The fraction of sp³-hybridized carbons (Fsp3) is 0.126. The molecule has 3 aliphatic carbocycles. The van der Waals surface area contributed by atoms with Crippen molar-refractivity contribution in [2.24, 2.45) is 0 Å². The summed E-state index contributed by atoms with van der Waals surface area (Å²) >= 11 is 0. The average molecular weight is 1360 g/mol. The molecule has 506 valence electrons. The van der Waals surface area contributed by atoms with Gasteiger partial charge in [-0.2, -0.15) is 0 Å². The molecule has 0 spiro atoms. The highest BCUT2D eigenvalue weighted by atomic mass is 16.5. The lowest BCUT2D eigenvalue weighted by molar-refractivity contribution is 0.370. The number of hydrogen-bond donors (Lipinski definition) is 0. The maximum atomic E-state index is 6.11. The molecule has 0 amide bonds. The summed E-state index contributed by atoms with van der Waals surface area (Å²) in [6, 6.07) is 124. The van der Waals surface area contributed by atoms with Crippen LogP contribution >= 0.6 is 0 Å². The van der Waals surface area contributed by atoms with Crippen LogP contribution in [0.15, 0.2) is 328 Å². The van der Waals surface area contributed by atoms with E-state index in [9.17, 15) is 0 Å². The van der Waals surface area contributed by atoms with Crippen molar-refractivity contribution in [2.75, 3.05) is 19.8 Å². The van der Waals surface area contributed by atoms with E-state index in [0.29, 0.717) is 19.8 Å². The summed E-state index contributed by atoms with van der Waals surface area (Å²) in [5, 5.41) is 6.80. The summed E-state index contributed by atoms with van der Waals surface area (Å²) in [5.74, 6) is 20.3. The molecule has 0 saturated carbocycles. The Bertz CT molecular complexity index is 5400. The van der Waals surface area contributed by atoms with Crippen LogP contribution in [0.3, 0.4) is 0 Å². The van der Waals surface area contributed by atoms with E-state index in [-0.39, 0.29) is 5.92 Å². The normalized spacial score (nSPS) is 13.7. The zero-order valence-electron chi connectivity index (χ0n) is 59.7. The molecule has 0 aliphatic heterocycles. The molecular weight excluding hydrogens is 1290 g/mol. The first-order chi connectivity index (χ1) is 52.4. The lowest BCUT2D eigenvalue weighted by atomic mass is 9.59. The van der Waals surface area contributed by atoms with Crippen molar-refractivity contribution in [2.45, 2.75) is 62.2 Å². The lowest BCUT2D eigenvalue weighted by Gasteiger charge is -2.43. The van der Waals surface area contributed by atoms with Crippen LogP contribution in [0, 0.1) is 35.5 Å². The van der Waals surface area contributed by atoms with Gasteiger partial charge >= 0.3 is 0 Å². The Morgan fingerprint density at radius 3 is 0.708 bits per heavy atom. The van der Waals surface area contributed by atoms with Crippen LogP contribution in [-0.4, -0.2) is 19.8 Å². The lowest BCUT2D eigenvalue weighted by Crippen LogP contribution is -2.36. The van der Waals surface area contributed by atoms with Crippen LogP contribution in [0.5, 0.6) is 17.2 Å². The zero-order valence-corrected chi connectivity index (χ0v) is 59.7. The second-order valence-electron chi connectivity index (χ2n) is 28.3. The van der Waals surface area contributed by atoms with Gasteiger partial charge in [-0.1, -0.05) is 291 Å². The third-order valence-electron chi connectivity index (χ3n) is 22.9. The molecule has 0 saturated heterocycles. The SMILES string of the molecule is CC#CCOc1ccc2cc(C3(c4ccc(C(c5ccc(C6(c7ccc8cc(OCC#CC)ccc8c7)c7ccccc7Cc7ccccc76)cc5)c5ccc(C6(c7ccc8cc(OCC#CC)ccc8c7)c7ccccc7Cc7ccccc76)cc5)cc4)c4ccccc4Cc4ccccc43)ccc2c1. The summed E-state index contributed by atoms with van der Waals surface area (Å²) < 4.78 is 18.3.